The maximum atomic E-state index is 12.1. The van der Waals surface area contributed by atoms with E-state index in [0.717, 1.165) is 5.56 Å². The van der Waals surface area contributed by atoms with Gasteiger partial charge in [-0.3, -0.25) is 4.79 Å². The lowest BCUT2D eigenvalue weighted by Crippen LogP contribution is -2.31. The fraction of sp³-hybridized carbons (Fsp3) is 0.200. The second kappa shape index (κ2) is 6.16. The molecule has 104 valence electrons. The van der Waals surface area contributed by atoms with Crippen LogP contribution in [-0.4, -0.2) is 27.4 Å². The first-order valence-corrected chi connectivity index (χ1v) is 6.22. The molecule has 5 nitrogen and oxygen atoms in total. The van der Waals surface area contributed by atoms with Gasteiger partial charge in [-0.2, -0.15) is 0 Å². The van der Waals surface area contributed by atoms with Crippen molar-refractivity contribution >= 4 is 5.97 Å². The summed E-state index contributed by atoms with van der Waals surface area (Å²) in [5.74, 6) is -1.26. The molecule has 1 heterocycles. The minimum Gasteiger partial charge on any atom is -0.477 e. The number of pyridine rings is 1. The summed E-state index contributed by atoms with van der Waals surface area (Å²) in [6.45, 7) is -0.238. The van der Waals surface area contributed by atoms with Gasteiger partial charge in [0.05, 0.1) is 12.6 Å². The smallest absolute Gasteiger partial charge is 0.341 e. The monoisotopic (exact) mass is 273 g/mol. The highest BCUT2D eigenvalue weighted by Crippen LogP contribution is 2.12. The zero-order valence-electron chi connectivity index (χ0n) is 10.8. The number of hydrogen-bond donors (Lipinski definition) is 2. The van der Waals surface area contributed by atoms with Crippen molar-refractivity contribution in [3.05, 3.63) is 70.1 Å². The molecule has 20 heavy (non-hydrogen) atoms. The van der Waals surface area contributed by atoms with Crippen molar-refractivity contribution in [3.63, 3.8) is 0 Å². The van der Waals surface area contributed by atoms with Gasteiger partial charge in [-0.15, -0.1) is 0 Å². The van der Waals surface area contributed by atoms with Gasteiger partial charge >= 0.3 is 5.97 Å². The lowest BCUT2D eigenvalue weighted by Gasteiger charge is -2.18. The van der Waals surface area contributed by atoms with Gasteiger partial charge in [0.1, 0.15) is 5.56 Å². The van der Waals surface area contributed by atoms with Crippen LogP contribution in [0.15, 0.2) is 53.5 Å². The van der Waals surface area contributed by atoms with Gasteiger partial charge in [0.2, 0.25) is 0 Å². The molecule has 0 aliphatic rings. The van der Waals surface area contributed by atoms with Crippen LogP contribution in [0.5, 0.6) is 0 Å². The van der Waals surface area contributed by atoms with Crippen molar-refractivity contribution < 1.29 is 15.0 Å². The number of aliphatic hydroxyl groups excluding tert-OH is 1. The number of nitrogens with zero attached hydrogens (tertiary/aromatic N) is 1. The van der Waals surface area contributed by atoms with Crippen LogP contribution in [0.2, 0.25) is 0 Å². The molecule has 2 aromatic rings. The maximum Gasteiger partial charge on any atom is 0.341 e. The summed E-state index contributed by atoms with van der Waals surface area (Å²) >= 11 is 0. The van der Waals surface area contributed by atoms with E-state index in [1.165, 1.54) is 22.9 Å². The largest absolute Gasteiger partial charge is 0.477 e. The topological polar surface area (TPSA) is 79.5 Å². The van der Waals surface area contributed by atoms with Gasteiger partial charge in [-0.1, -0.05) is 30.3 Å². The van der Waals surface area contributed by atoms with E-state index in [1.807, 2.05) is 30.3 Å². The third kappa shape index (κ3) is 2.95. The van der Waals surface area contributed by atoms with Gasteiger partial charge in [0.15, 0.2) is 0 Å². The lowest BCUT2D eigenvalue weighted by atomic mass is 10.1. The average molecular weight is 273 g/mol. The molecular weight excluding hydrogens is 258 g/mol. The molecule has 1 aromatic heterocycles. The van der Waals surface area contributed by atoms with Crippen LogP contribution in [-0.2, 0) is 6.42 Å². The third-order valence-corrected chi connectivity index (χ3v) is 3.12. The molecule has 1 atom stereocenters. The van der Waals surface area contributed by atoms with E-state index in [9.17, 15) is 14.7 Å². The Hall–Kier alpha value is -2.40. The zero-order valence-corrected chi connectivity index (χ0v) is 10.8. The Morgan fingerprint density at radius 2 is 1.85 bits per heavy atom. The molecule has 0 spiro atoms. The Balaban J connectivity index is 2.35. The predicted molar refractivity (Wildman–Crippen MR) is 73.9 cm³/mol. The number of aromatic nitrogens is 1. The number of carbonyl (C=O) groups is 1. The summed E-state index contributed by atoms with van der Waals surface area (Å²) in [4.78, 5) is 23.0. The van der Waals surface area contributed by atoms with E-state index in [2.05, 4.69) is 0 Å². The molecule has 0 saturated heterocycles. The first kappa shape index (κ1) is 14.0. The van der Waals surface area contributed by atoms with E-state index in [4.69, 9.17) is 5.11 Å². The number of aliphatic hydroxyl groups is 1. The first-order chi connectivity index (χ1) is 9.63. The molecule has 0 unspecified atom stereocenters. The SMILES string of the molecule is O=C(O)c1cccn([C@@H](CO)Cc2ccccc2)c1=O. The van der Waals surface area contributed by atoms with Crippen molar-refractivity contribution in [2.75, 3.05) is 6.61 Å². The zero-order chi connectivity index (χ0) is 14.5. The van der Waals surface area contributed by atoms with Crippen LogP contribution in [0.1, 0.15) is 22.0 Å². The van der Waals surface area contributed by atoms with Crippen molar-refractivity contribution in [2.24, 2.45) is 0 Å². The van der Waals surface area contributed by atoms with Gasteiger partial charge in [-0.25, -0.2) is 4.79 Å². The maximum absolute atomic E-state index is 12.1. The van der Waals surface area contributed by atoms with E-state index < -0.39 is 17.6 Å². The second-order valence-electron chi connectivity index (χ2n) is 4.47. The number of hydrogen-bond acceptors (Lipinski definition) is 3. The fourth-order valence-corrected chi connectivity index (χ4v) is 2.10. The molecule has 0 amide bonds. The first-order valence-electron chi connectivity index (χ1n) is 6.22. The van der Waals surface area contributed by atoms with Crippen molar-refractivity contribution in [2.45, 2.75) is 12.5 Å². The van der Waals surface area contributed by atoms with Gasteiger partial charge in [-0.05, 0) is 24.1 Å². The average Bonchev–Trinajstić information content (AvgIpc) is 2.46. The summed E-state index contributed by atoms with van der Waals surface area (Å²) in [6, 6.07) is 11.7. The highest BCUT2D eigenvalue weighted by Gasteiger charge is 2.16. The van der Waals surface area contributed by atoms with Crippen LogP contribution in [0, 0.1) is 0 Å². The van der Waals surface area contributed by atoms with Crippen molar-refractivity contribution in [1.82, 2.24) is 4.57 Å². The van der Waals surface area contributed by atoms with Crippen LogP contribution < -0.4 is 5.56 Å². The summed E-state index contributed by atoms with van der Waals surface area (Å²) < 4.78 is 1.27. The van der Waals surface area contributed by atoms with Crippen molar-refractivity contribution in [3.8, 4) is 0 Å². The summed E-state index contributed by atoms with van der Waals surface area (Å²) in [6.07, 6.45) is 1.96. The lowest BCUT2D eigenvalue weighted by molar-refractivity contribution is 0.0693. The minimum atomic E-state index is -1.26. The number of benzene rings is 1. The highest BCUT2D eigenvalue weighted by atomic mass is 16.4. The molecule has 1 aromatic carbocycles. The number of carboxylic acid groups (broad SMARTS) is 1. The standard InChI is InChI=1S/C15H15NO4/c17-10-12(9-11-5-2-1-3-6-11)16-8-4-7-13(14(16)18)15(19)20/h1-8,12,17H,9-10H2,(H,19,20)/t12-/m1/s1. The van der Waals surface area contributed by atoms with E-state index in [-0.39, 0.29) is 12.2 Å². The Morgan fingerprint density at radius 1 is 1.15 bits per heavy atom. The molecule has 0 aliphatic heterocycles. The summed E-state index contributed by atoms with van der Waals surface area (Å²) in [7, 11) is 0. The highest BCUT2D eigenvalue weighted by molar-refractivity contribution is 5.86. The minimum absolute atomic E-state index is 0.238. The van der Waals surface area contributed by atoms with Gasteiger partial charge in [0.25, 0.3) is 5.56 Å². The van der Waals surface area contributed by atoms with Crippen LogP contribution >= 0.6 is 0 Å². The fourth-order valence-electron chi connectivity index (χ4n) is 2.10. The molecule has 0 saturated carbocycles. The molecule has 5 heteroatoms. The van der Waals surface area contributed by atoms with Crippen LogP contribution in [0.3, 0.4) is 0 Å². The molecule has 2 rings (SSSR count). The van der Waals surface area contributed by atoms with Crippen molar-refractivity contribution in [1.29, 1.82) is 0 Å². The quantitative estimate of drug-likeness (QED) is 0.861. The Labute approximate surface area is 115 Å². The molecule has 0 radical (unpaired) electrons. The Kier molecular flexibility index (Phi) is 4.32. The molecular formula is C15H15NO4. The van der Waals surface area contributed by atoms with Gasteiger partial charge < -0.3 is 14.8 Å². The van der Waals surface area contributed by atoms with Gasteiger partial charge in [0, 0.05) is 6.20 Å². The molecule has 2 N–H and O–H groups in total. The summed E-state index contributed by atoms with van der Waals surface area (Å²) in [5.41, 5.74) is 0.0770. The second-order valence-corrected chi connectivity index (χ2v) is 4.47. The molecule has 0 fully saturated rings. The Bertz CT molecular complexity index is 648. The number of rotatable bonds is 5. The number of carboxylic acids is 1. The normalized spacial score (nSPS) is 12.1. The molecule has 0 bridgehead atoms. The predicted octanol–water partition coefficient (Wildman–Crippen LogP) is 1.32. The van der Waals surface area contributed by atoms with E-state index in [1.54, 1.807) is 0 Å². The number of aromatic carboxylic acids is 1. The van der Waals surface area contributed by atoms with Crippen LogP contribution in [0.4, 0.5) is 0 Å². The van der Waals surface area contributed by atoms with Crippen LogP contribution in [0.25, 0.3) is 0 Å². The third-order valence-electron chi connectivity index (χ3n) is 3.12. The molecule has 0 aliphatic carbocycles. The summed E-state index contributed by atoms with van der Waals surface area (Å²) in [5, 5.41) is 18.4. The van der Waals surface area contributed by atoms with E-state index >= 15 is 0 Å². The Morgan fingerprint density at radius 3 is 2.45 bits per heavy atom. The van der Waals surface area contributed by atoms with E-state index in [0.29, 0.717) is 6.42 Å².